The van der Waals surface area contributed by atoms with Gasteiger partial charge >= 0.3 is 0 Å². The lowest BCUT2D eigenvalue weighted by atomic mass is 9.96. The molecule has 0 spiro atoms. The Morgan fingerprint density at radius 1 is 1.35 bits per heavy atom. The summed E-state index contributed by atoms with van der Waals surface area (Å²) in [6.07, 6.45) is 1.71. The van der Waals surface area contributed by atoms with Crippen LogP contribution in [-0.4, -0.2) is 55.0 Å². The molecule has 5 nitrogen and oxygen atoms in total. The molecule has 0 saturated carbocycles. The summed E-state index contributed by atoms with van der Waals surface area (Å²) in [4.78, 5) is 16.9. The Balaban J connectivity index is 1.49. The van der Waals surface area contributed by atoms with Gasteiger partial charge in [-0.15, -0.1) is 0 Å². The summed E-state index contributed by atoms with van der Waals surface area (Å²) in [5.74, 6) is 1.97. The first-order valence-electron chi connectivity index (χ1n) is 7.48. The number of piperazine rings is 1. The highest BCUT2D eigenvalue weighted by molar-refractivity contribution is 5.79. The van der Waals surface area contributed by atoms with Crippen LogP contribution in [0.3, 0.4) is 0 Å². The Morgan fingerprint density at radius 2 is 2.15 bits per heavy atom. The number of nitrogens with one attached hydrogen (secondary N) is 1. The van der Waals surface area contributed by atoms with Crippen molar-refractivity contribution in [2.45, 2.75) is 13.5 Å². The number of hydrogen-bond acceptors (Lipinski definition) is 4. The van der Waals surface area contributed by atoms with Crippen molar-refractivity contribution in [3.05, 3.63) is 24.2 Å². The van der Waals surface area contributed by atoms with Crippen LogP contribution in [0.25, 0.3) is 0 Å². The zero-order chi connectivity index (χ0) is 13.9. The summed E-state index contributed by atoms with van der Waals surface area (Å²) < 4.78 is 5.38. The molecule has 1 amide bonds. The second kappa shape index (κ2) is 5.97. The minimum absolute atomic E-state index is 0.173. The van der Waals surface area contributed by atoms with Gasteiger partial charge in [0, 0.05) is 32.7 Å². The molecule has 0 unspecified atom stereocenters. The molecule has 2 fully saturated rings. The van der Waals surface area contributed by atoms with E-state index in [1.165, 1.54) is 0 Å². The van der Waals surface area contributed by atoms with Gasteiger partial charge < -0.3 is 14.6 Å². The summed E-state index contributed by atoms with van der Waals surface area (Å²) >= 11 is 0. The van der Waals surface area contributed by atoms with E-state index >= 15 is 0 Å². The minimum Gasteiger partial charge on any atom is -0.468 e. The molecule has 0 bridgehead atoms. The maximum absolute atomic E-state index is 12.5. The number of furan rings is 1. The third-order valence-corrected chi connectivity index (χ3v) is 4.48. The zero-order valence-corrected chi connectivity index (χ0v) is 12.0. The fourth-order valence-corrected chi connectivity index (χ4v) is 3.12. The van der Waals surface area contributed by atoms with Gasteiger partial charge in [0.25, 0.3) is 0 Å². The standard InChI is InChI=1S/C15H23N3O2/c1-12-9-16-10-14(12)15(19)18-6-4-17(5-7-18)11-13-3-2-8-20-13/h2-3,8,12,14,16H,4-7,9-11H2,1H3/t12-,14-/m1/s1. The van der Waals surface area contributed by atoms with Gasteiger partial charge in [0.2, 0.25) is 5.91 Å². The van der Waals surface area contributed by atoms with Crippen molar-refractivity contribution >= 4 is 5.91 Å². The van der Waals surface area contributed by atoms with E-state index in [0.717, 1.165) is 51.6 Å². The monoisotopic (exact) mass is 277 g/mol. The van der Waals surface area contributed by atoms with E-state index in [4.69, 9.17) is 4.42 Å². The molecule has 0 aromatic carbocycles. The Morgan fingerprint density at radius 3 is 2.75 bits per heavy atom. The van der Waals surface area contributed by atoms with Crippen LogP contribution in [0.5, 0.6) is 0 Å². The van der Waals surface area contributed by atoms with Crippen LogP contribution in [-0.2, 0) is 11.3 Å². The predicted molar refractivity (Wildman–Crippen MR) is 76.1 cm³/mol. The molecule has 3 heterocycles. The molecule has 3 rings (SSSR count). The minimum atomic E-state index is 0.173. The van der Waals surface area contributed by atoms with E-state index in [1.54, 1.807) is 6.26 Å². The molecule has 2 saturated heterocycles. The van der Waals surface area contributed by atoms with E-state index in [9.17, 15) is 4.79 Å². The quantitative estimate of drug-likeness (QED) is 0.887. The van der Waals surface area contributed by atoms with Crippen LogP contribution in [0.1, 0.15) is 12.7 Å². The first kappa shape index (κ1) is 13.6. The van der Waals surface area contributed by atoms with Crippen LogP contribution < -0.4 is 5.32 Å². The van der Waals surface area contributed by atoms with Gasteiger partial charge in [-0.3, -0.25) is 9.69 Å². The Hall–Kier alpha value is -1.33. The smallest absolute Gasteiger partial charge is 0.227 e. The van der Waals surface area contributed by atoms with Gasteiger partial charge in [-0.1, -0.05) is 6.92 Å². The predicted octanol–water partition coefficient (Wildman–Crippen LogP) is 0.779. The summed E-state index contributed by atoms with van der Waals surface area (Å²) in [5.41, 5.74) is 0. The molecular formula is C15H23N3O2. The number of nitrogens with zero attached hydrogens (tertiary/aromatic N) is 2. The van der Waals surface area contributed by atoms with Crippen molar-refractivity contribution < 1.29 is 9.21 Å². The fourth-order valence-electron chi connectivity index (χ4n) is 3.12. The Bertz CT molecular complexity index is 438. The lowest BCUT2D eigenvalue weighted by Crippen LogP contribution is -2.50. The number of carbonyl (C=O) groups is 1. The topological polar surface area (TPSA) is 48.7 Å². The summed E-state index contributed by atoms with van der Waals surface area (Å²) in [6, 6.07) is 3.92. The summed E-state index contributed by atoms with van der Waals surface area (Å²) in [7, 11) is 0. The average Bonchev–Trinajstić information content (AvgIpc) is 3.10. The van der Waals surface area contributed by atoms with Crippen molar-refractivity contribution in [1.29, 1.82) is 0 Å². The Kier molecular flexibility index (Phi) is 4.08. The fraction of sp³-hybridized carbons (Fsp3) is 0.667. The Labute approximate surface area is 119 Å². The molecular weight excluding hydrogens is 254 g/mol. The van der Waals surface area contributed by atoms with Crippen molar-refractivity contribution in [1.82, 2.24) is 15.1 Å². The largest absolute Gasteiger partial charge is 0.468 e. The number of carbonyl (C=O) groups excluding carboxylic acids is 1. The normalized spacial score (nSPS) is 27.9. The molecule has 20 heavy (non-hydrogen) atoms. The van der Waals surface area contributed by atoms with Crippen LogP contribution in [0.2, 0.25) is 0 Å². The maximum Gasteiger partial charge on any atom is 0.227 e. The highest BCUT2D eigenvalue weighted by Gasteiger charge is 2.33. The third-order valence-electron chi connectivity index (χ3n) is 4.48. The van der Waals surface area contributed by atoms with Gasteiger partial charge in [-0.25, -0.2) is 0 Å². The molecule has 2 aliphatic heterocycles. The molecule has 0 aliphatic carbocycles. The van der Waals surface area contributed by atoms with E-state index in [2.05, 4.69) is 17.1 Å². The van der Waals surface area contributed by atoms with Crippen molar-refractivity contribution in [2.75, 3.05) is 39.3 Å². The summed E-state index contributed by atoms with van der Waals surface area (Å²) in [6.45, 7) is 8.35. The van der Waals surface area contributed by atoms with E-state index in [-0.39, 0.29) is 5.92 Å². The molecule has 110 valence electrons. The second-order valence-electron chi connectivity index (χ2n) is 5.92. The van der Waals surface area contributed by atoms with Crippen LogP contribution in [0, 0.1) is 11.8 Å². The van der Waals surface area contributed by atoms with Crippen molar-refractivity contribution in [3.63, 3.8) is 0 Å². The SMILES string of the molecule is C[C@@H]1CNC[C@H]1C(=O)N1CCN(Cc2ccco2)CC1. The summed E-state index contributed by atoms with van der Waals surface area (Å²) in [5, 5.41) is 3.31. The highest BCUT2D eigenvalue weighted by Crippen LogP contribution is 2.20. The highest BCUT2D eigenvalue weighted by atomic mass is 16.3. The second-order valence-corrected chi connectivity index (χ2v) is 5.92. The maximum atomic E-state index is 12.5. The molecule has 1 aromatic heterocycles. The first-order chi connectivity index (χ1) is 9.74. The van der Waals surface area contributed by atoms with Gasteiger partial charge in [0.05, 0.1) is 18.7 Å². The number of amides is 1. The van der Waals surface area contributed by atoms with E-state index in [1.807, 2.05) is 17.0 Å². The van der Waals surface area contributed by atoms with Crippen LogP contribution in [0.4, 0.5) is 0 Å². The van der Waals surface area contributed by atoms with Gasteiger partial charge in [-0.2, -0.15) is 0 Å². The number of hydrogen-bond donors (Lipinski definition) is 1. The van der Waals surface area contributed by atoms with Crippen LogP contribution >= 0.6 is 0 Å². The zero-order valence-electron chi connectivity index (χ0n) is 12.0. The first-order valence-corrected chi connectivity index (χ1v) is 7.48. The lowest BCUT2D eigenvalue weighted by Gasteiger charge is -2.36. The number of rotatable bonds is 3. The molecule has 0 radical (unpaired) electrons. The lowest BCUT2D eigenvalue weighted by molar-refractivity contribution is -0.137. The van der Waals surface area contributed by atoms with Crippen LogP contribution in [0.15, 0.2) is 22.8 Å². The molecule has 2 aliphatic rings. The molecule has 5 heteroatoms. The third kappa shape index (κ3) is 2.88. The molecule has 2 atom stereocenters. The van der Waals surface area contributed by atoms with Gasteiger partial charge in [0.15, 0.2) is 0 Å². The van der Waals surface area contributed by atoms with Crippen molar-refractivity contribution in [3.8, 4) is 0 Å². The van der Waals surface area contributed by atoms with Gasteiger partial charge in [0.1, 0.15) is 5.76 Å². The van der Waals surface area contributed by atoms with Gasteiger partial charge in [-0.05, 0) is 24.6 Å². The van der Waals surface area contributed by atoms with Crippen molar-refractivity contribution in [2.24, 2.45) is 11.8 Å². The average molecular weight is 277 g/mol. The molecule has 1 aromatic rings. The molecule has 1 N–H and O–H groups in total. The van der Waals surface area contributed by atoms with E-state index in [0.29, 0.717) is 11.8 Å². The van der Waals surface area contributed by atoms with E-state index < -0.39 is 0 Å².